The minimum absolute atomic E-state index is 0.205. The van der Waals surface area contributed by atoms with E-state index in [1.165, 1.54) is 11.1 Å². The number of rotatable bonds is 2. The van der Waals surface area contributed by atoms with Crippen LogP contribution in [0.3, 0.4) is 0 Å². The normalized spacial score (nSPS) is 13.0. The summed E-state index contributed by atoms with van der Waals surface area (Å²) in [5.41, 5.74) is 8.46. The van der Waals surface area contributed by atoms with Crippen molar-refractivity contribution in [2.45, 2.75) is 26.3 Å². The molecule has 2 N–H and O–H groups in total. The molecule has 1 rings (SSSR count). The maximum atomic E-state index is 5.90. The molecule has 1 atom stereocenters. The molecule has 0 aliphatic rings. The van der Waals surface area contributed by atoms with Gasteiger partial charge < -0.3 is 5.73 Å². The third-order valence-corrected chi connectivity index (χ3v) is 2.03. The fourth-order valence-electron chi connectivity index (χ4n) is 1.22. The lowest BCUT2D eigenvalue weighted by atomic mass is 10.0. The summed E-state index contributed by atoms with van der Waals surface area (Å²) in [5, 5.41) is 0. The molecule has 1 heteroatoms. The Morgan fingerprint density at radius 1 is 1.36 bits per heavy atom. The van der Waals surface area contributed by atoms with Gasteiger partial charge in [0, 0.05) is 6.04 Å². The summed E-state index contributed by atoms with van der Waals surface area (Å²) in [6, 6.07) is 8.49. The molecule has 0 heterocycles. The van der Waals surface area contributed by atoms with Gasteiger partial charge in [-0.1, -0.05) is 31.2 Å². The van der Waals surface area contributed by atoms with Crippen LogP contribution in [-0.2, 0) is 0 Å². The van der Waals surface area contributed by atoms with Crippen LogP contribution in [-0.4, -0.2) is 0 Å². The lowest BCUT2D eigenvalue weighted by Crippen LogP contribution is -2.09. The highest BCUT2D eigenvalue weighted by Crippen LogP contribution is 2.16. The van der Waals surface area contributed by atoms with Crippen LogP contribution in [0, 0.1) is 6.92 Å². The lowest BCUT2D eigenvalue weighted by molar-refractivity contribution is 0.694. The molecule has 0 saturated carbocycles. The molecule has 0 fully saturated rings. The van der Waals surface area contributed by atoms with Gasteiger partial charge in [-0.15, -0.1) is 0 Å². The van der Waals surface area contributed by atoms with Crippen LogP contribution in [0.5, 0.6) is 0 Å². The molecule has 1 nitrogen and oxygen atoms in total. The molecule has 0 aromatic heterocycles. The standard InChI is InChI=1S/C10H15N/c1-3-10(11)9-7-5-4-6-8(9)2/h4-7,10H,3,11H2,1-2H3/t10-/m0/s1. The highest BCUT2D eigenvalue weighted by molar-refractivity contribution is 5.28. The Balaban J connectivity index is 2.93. The zero-order valence-electron chi connectivity index (χ0n) is 7.17. The molecule has 0 amide bonds. The van der Waals surface area contributed by atoms with Gasteiger partial charge in [0.05, 0.1) is 0 Å². The Kier molecular flexibility index (Phi) is 2.66. The molecule has 11 heavy (non-hydrogen) atoms. The molecule has 0 saturated heterocycles. The van der Waals surface area contributed by atoms with E-state index in [4.69, 9.17) is 5.73 Å². The molecule has 0 unspecified atom stereocenters. The molecule has 1 aromatic rings. The van der Waals surface area contributed by atoms with Gasteiger partial charge >= 0.3 is 0 Å². The summed E-state index contributed by atoms with van der Waals surface area (Å²) in [5.74, 6) is 0. The third-order valence-electron chi connectivity index (χ3n) is 2.03. The highest BCUT2D eigenvalue weighted by atomic mass is 14.6. The summed E-state index contributed by atoms with van der Waals surface area (Å²) in [4.78, 5) is 0. The van der Waals surface area contributed by atoms with Gasteiger partial charge in [-0.3, -0.25) is 0 Å². The van der Waals surface area contributed by atoms with Crippen molar-refractivity contribution < 1.29 is 0 Å². The van der Waals surface area contributed by atoms with Crippen LogP contribution < -0.4 is 5.73 Å². The van der Waals surface area contributed by atoms with Crippen LogP contribution in [0.2, 0.25) is 0 Å². The van der Waals surface area contributed by atoms with E-state index < -0.39 is 0 Å². The Morgan fingerprint density at radius 2 is 2.00 bits per heavy atom. The average molecular weight is 149 g/mol. The molecule has 60 valence electrons. The van der Waals surface area contributed by atoms with E-state index in [-0.39, 0.29) is 6.04 Å². The van der Waals surface area contributed by atoms with E-state index in [1.807, 2.05) is 12.1 Å². The van der Waals surface area contributed by atoms with Crippen molar-refractivity contribution in [1.82, 2.24) is 0 Å². The fraction of sp³-hybridized carbons (Fsp3) is 0.400. The molecule has 0 aliphatic carbocycles. The van der Waals surface area contributed by atoms with Crippen molar-refractivity contribution in [3.05, 3.63) is 35.4 Å². The maximum Gasteiger partial charge on any atom is 0.0294 e. The second-order valence-corrected chi connectivity index (χ2v) is 2.87. The van der Waals surface area contributed by atoms with Crippen LogP contribution in [0.15, 0.2) is 24.3 Å². The maximum absolute atomic E-state index is 5.90. The molecular formula is C10H15N. The average Bonchev–Trinajstić information content (AvgIpc) is 2.04. The molecular weight excluding hydrogens is 134 g/mol. The van der Waals surface area contributed by atoms with E-state index >= 15 is 0 Å². The zero-order chi connectivity index (χ0) is 8.27. The number of aryl methyl sites for hydroxylation is 1. The van der Waals surface area contributed by atoms with Crippen molar-refractivity contribution in [2.24, 2.45) is 5.73 Å². The summed E-state index contributed by atoms with van der Waals surface area (Å²) < 4.78 is 0. The smallest absolute Gasteiger partial charge is 0.0294 e. The molecule has 0 radical (unpaired) electrons. The van der Waals surface area contributed by atoms with Crippen molar-refractivity contribution in [1.29, 1.82) is 0 Å². The summed E-state index contributed by atoms with van der Waals surface area (Å²) in [7, 11) is 0. The number of hydrogen-bond donors (Lipinski definition) is 1. The molecule has 0 aliphatic heterocycles. The Hall–Kier alpha value is -0.820. The molecule has 0 spiro atoms. The minimum Gasteiger partial charge on any atom is -0.324 e. The van der Waals surface area contributed by atoms with Gasteiger partial charge in [-0.05, 0) is 24.5 Å². The van der Waals surface area contributed by atoms with Crippen LogP contribution >= 0.6 is 0 Å². The SMILES string of the molecule is CC[C@H](N)c1ccccc1C. The van der Waals surface area contributed by atoms with Crippen LogP contribution in [0.25, 0.3) is 0 Å². The van der Waals surface area contributed by atoms with Gasteiger partial charge in [0.1, 0.15) is 0 Å². The van der Waals surface area contributed by atoms with Crippen molar-refractivity contribution >= 4 is 0 Å². The van der Waals surface area contributed by atoms with E-state index in [0.717, 1.165) is 6.42 Å². The second kappa shape index (κ2) is 3.54. The van der Waals surface area contributed by atoms with Crippen LogP contribution in [0.1, 0.15) is 30.5 Å². The summed E-state index contributed by atoms with van der Waals surface area (Å²) >= 11 is 0. The first-order chi connectivity index (χ1) is 5.25. The fourth-order valence-corrected chi connectivity index (χ4v) is 1.22. The quantitative estimate of drug-likeness (QED) is 0.686. The highest BCUT2D eigenvalue weighted by Gasteiger charge is 2.03. The van der Waals surface area contributed by atoms with Gasteiger partial charge in [0.15, 0.2) is 0 Å². The summed E-state index contributed by atoms with van der Waals surface area (Å²) in [6.45, 7) is 4.21. The lowest BCUT2D eigenvalue weighted by Gasteiger charge is -2.11. The first-order valence-electron chi connectivity index (χ1n) is 4.06. The number of hydrogen-bond acceptors (Lipinski definition) is 1. The van der Waals surface area contributed by atoms with E-state index in [2.05, 4.69) is 26.0 Å². The molecule has 0 bridgehead atoms. The first-order valence-corrected chi connectivity index (χ1v) is 4.06. The molecule has 1 aromatic carbocycles. The predicted molar refractivity (Wildman–Crippen MR) is 48.4 cm³/mol. The van der Waals surface area contributed by atoms with Crippen molar-refractivity contribution in [3.63, 3.8) is 0 Å². The predicted octanol–water partition coefficient (Wildman–Crippen LogP) is 2.40. The zero-order valence-corrected chi connectivity index (χ0v) is 7.17. The first kappa shape index (κ1) is 8.28. The topological polar surface area (TPSA) is 26.0 Å². The largest absolute Gasteiger partial charge is 0.324 e. The van der Waals surface area contributed by atoms with Gasteiger partial charge in [0.25, 0.3) is 0 Å². The van der Waals surface area contributed by atoms with Gasteiger partial charge in [-0.2, -0.15) is 0 Å². The van der Waals surface area contributed by atoms with Crippen molar-refractivity contribution in [3.8, 4) is 0 Å². The van der Waals surface area contributed by atoms with E-state index in [1.54, 1.807) is 0 Å². The monoisotopic (exact) mass is 149 g/mol. The number of nitrogens with two attached hydrogens (primary N) is 1. The van der Waals surface area contributed by atoms with Gasteiger partial charge in [-0.25, -0.2) is 0 Å². The van der Waals surface area contributed by atoms with E-state index in [9.17, 15) is 0 Å². The Morgan fingerprint density at radius 3 is 2.55 bits per heavy atom. The number of benzene rings is 1. The second-order valence-electron chi connectivity index (χ2n) is 2.87. The Bertz CT molecular complexity index is 230. The minimum atomic E-state index is 0.205. The van der Waals surface area contributed by atoms with E-state index in [0.29, 0.717) is 0 Å². The Labute approximate surface area is 68.2 Å². The van der Waals surface area contributed by atoms with Crippen molar-refractivity contribution in [2.75, 3.05) is 0 Å². The van der Waals surface area contributed by atoms with Gasteiger partial charge in [0.2, 0.25) is 0 Å². The third kappa shape index (κ3) is 1.81. The summed E-state index contributed by atoms with van der Waals surface area (Å²) in [6.07, 6.45) is 1.00. The van der Waals surface area contributed by atoms with Crippen LogP contribution in [0.4, 0.5) is 0 Å².